The van der Waals surface area contributed by atoms with Gasteiger partial charge < -0.3 is 4.74 Å². The van der Waals surface area contributed by atoms with Gasteiger partial charge in [-0.15, -0.1) is 5.10 Å². The number of ether oxygens (including phenoxy) is 1. The molecule has 94 valence electrons. The van der Waals surface area contributed by atoms with Crippen molar-refractivity contribution < 1.29 is 9.13 Å². The van der Waals surface area contributed by atoms with E-state index in [1.807, 2.05) is 13.0 Å². The van der Waals surface area contributed by atoms with Crippen LogP contribution >= 0.6 is 11.8 Å². The molecule has 0 bridgehead atoms. The highest BCUT2D eigenvalue weighted by molar-refractivity contribution is 7.98. The van der Waals surface area contributed by atoms with Crippen molar-refractivity contribution in [1.29, 1.82) is 0 Å². The highest BCUT2D eigenvalue weighted by Crippen LogP contribution is 2.24. The number of thioether (sulfide) groups is 1. The minimum absolute atomic E-state index is 0.222. The summed E-state index contributed by atoms with van der Waals surface area (Å²) in [7, 11) is 1.61. The maximum Gasteiger partial charge on any atom is 0.144 e. The van der Waals surface area contributed by atoms with Gasteiger partial charge >= 0.3 is 0 Å². The van der Waals surface area contributed by atoms with Gasteiger partial charge in [-0.05, 0) is 24.6 Å². The molecule has 0 aliphatic rings. The molecule has 3 nitrogen and oxygen atoms in total. The van der Waals surface area contributed by atoms with Gasteiger partial charge in [0.2, 0.25) is 0 Å². The van der Waals surface area contributed by atoms with Crippen molar-refractivity contribution in [3.8, 4) is 5.75 Å². The molecule has 0 N–H and O–H groups in total. The lowest BCUT2D eigenvalue weighted by molar-refractivity contribution is 0.405. The first-order valence-electron chi connectivity index (χ1n) is 5.44. The number of nitrogens with zero attached hydrogens (tertiary/aromatic N) is 2. The van der Waals surface area contributed by atoms with Crippen LogP contribution in [0.25, 0.3) is 0 Å². The summed E-state index contributed by atoms with van der Waals surface area (Å²) < 4.78 is 17.9. The summed E-state index contributed by atoms with van der Waals surface area (Å²) in [5.41, 5.74) is 1.81. The first-order valence-corrected chi connectivity index (χ1v) is 6.43. The normalized spacial score (nSPS) is 10.4. The van der Waals surface area contributed by atoms with E-state index in [4.69, 9.17) is 4.74 Å². The standard InChI is InChI=1S/C13H13FN2OS/c1-9-12(17-2)7-13(16-15-9)18-8-10-3-5-11(14)6-4-10/h3-7H,8H2,1-2H3. The van der Waals surface area contributed by atoms with Gasteiger partial charge in [0.1, 0.15) is 22.3 Å². The summed E-state index contributed by atoms with van der Waals surface area (Å²) in [6, 6.07) is 8.30. The highest BCUT2D eigenvalue weighted by Gasteiger charge is 2.04. The molecule has 0 atom stereocenters. The van der Waals surface area contributed by atoms with Crippen molar-refractivity contribution in [2.45, 2.75) is 17.7 Å². The molecule has 1 aromatic carbocycles. The molecule has 0 aliphatic heterocycles. The molecule has 1 heterocycles. The number of aryl methyl sites for hydroxylation is 1. The van der Waals surface area contributed by atoms with Gasteiger partial charge in [0.15, 0.2) is 0 Å². The Morgan fingerprint density at radius 2 is 1.94 bits per heavy atom. The smallest absolute Gasteiger partial charge is 0.144 e. The minimum atomic E-state index is -0.222. The number of methoxy groups -OCH3 is 1. The van der Waals surface area contributed by atoms with Crippen molar-refractivity contribution in [3.05, 3.63) is 47.4 Å². The fourth-order valence-electron chi connectivity index (χ4n) is 1.43. The van der Waals surface area contributed by atoms with E-state index in [1.54, 1.807) is 31.0 Å². The Hall–Kier alpha value is -1.62. The van der Waals surface area contributed by atoms with Crippen LogP contribution in [0.15, 0.2) is 35.4 Å². The fourth-order valence-corrected chi connectivity index (χ4v) is 2.23. The third kappa shape index (κ3) is 3.20. The van der Waals surface area contributed by atoms with Crippen LogP contribution in [0.2, 0.25) is 0 Å². The quantitative estimate of drug-likeness (QED) is 0.794. The van der Waals surface area contributed by atoms with Crippen LogP contribution < -0.4 is 4.74 Å². The molecule has 0 radical (unpaired) electrons. The van der Waals surface area contributed by atoms with E-state index in [0.717, 1.165) is 27.8 Å². The molecule has 0 fully saturated rings. The molecule has 0 spiro atoms. The maximum absolute atomic E-state index is 12.7. The first-order chi connectivity index (χ1) is 8.69. The van der Waals surface area contributed by atoms with Gasteiger partial charge in [-0.2, -0.15) is 5.10 Å². The summed E-state index contributed by atoms with van der Waals surface area (Å²) in [6.45, 7) is 1.85. The van der Waals surface area contributed by atoms with Crippen molar-refractivity contribution in [3.63, 3.8) is 0 Å². The monoisotopic (exact) mass is 264 g/mol. The molecule has 0 saturated heterocycles. The number of benzene rings is 1. The summed E-state index contributed by atoms with van der Waals surface area (Å²) in [5.74, 6) is 1.23. The van der Waals surface area contributed by atoms with Crippen molar-refractivity contribution >= 4 is 11.8 Å². The number of aromatic nitrogens is 2. The van der Waals surface area contributed by atoms with Crippen LogP contribution in [-0.2, 0) is 5.75 Å². The second kappa shape index (κ2) is 5.82. The molecular weight excluding hydrogens is 251 g/mol. The lowest BCUT2D eigenvalue weighted by atomic mass is 10.2. The van der Waals surface area contributed by atoms with E-state index in [9.17, 15) is 4.39 Å². The third-order valence-electron chi connectivity index (χ3n) is 2.43. The van der Waals surface area contributed by atoms with E-state index in [2.05, 4.69) is 10.2 Å². The van der Waals surface area contributed by atoms with Crippen LogP contribution in [-0.4, -0.2) is 17.3 Å². The number of rotatable bonds is 4. The minimum Gasteiger partial charge on any atom is -0.495 e. The van der Waals surface area contributed by atoms with Crippen LogP contribution in [0.5, 0.6) is 5.75 Å². The van der Waals surface area contributed by atoms with Gasteiger partial charge in [0.05, 0.1) is 7.11 Å². The Balaban J connectivity index is 2.04. The highest BCUT2D eigenvalue weighted by atomic mass is 32.2. The zero-order valence-electron chi connectivity index (χ0n) is 10.2. The van der Waals surface area contributed by atoms with E-state index >= 15 is 0 Å². The maximum atomic E-state index is 12.7. The average Bonchev–Trinajstić information content (AvgIpc) is 2.39. The Morgan fingerprint density at radius 1 is 1.22 bits per heavy atom. The van der Waals surface area contributed by atoms with Gasteiger partial charge in [0.25, 0.3) is 0 Å². The van der Waals surface area contributed by atoms with E-state index < -0.39 is 0 Å². The van der Waals surface area contributed by atoms with E-state index in [0.29, 0.717) is 0 Å². The molecule has 5 heteroatoms. The lowest BCUT2D eigenvalue weighted by Crippen LogP contribution is -1.94. The summed E-state index contributed by atoms with van der Waals surface area (Å²) >= 11 is 1.54. The van der Waals surface area contributed by atoms with Crippen LogP contribution in [0.1, 0.15) is 11.3 Å². The van der Waals surface area contributed by atoms with Gasteiger partial charge in [0, 0.05) is 11.8 Å². The van der Waals surface area contributed by atoms with Crippen LogP contribution in [0.4, 0.5) is 4.39 Å². The molecule has 0 saturated carbocycles. The van der Waals surface area contributed by atoms with E-state index in [-0.39, 0.29) is 5.82 Å². The first kappa shape index (κ1) is 12.8. The van der Waals surface area contributed by atoms with Crippen LogP contribution in [0, 0.1) is 12.7 Å². The largest absolute Gasteiger partial charge is 0.495 e. The molecular formula is C13H13FN2OS. The average molecular weight is 264 g/mol. The Kier molecular flexibility index (Phi) is 4.15. The van der Waals surface area contributed by atoms with E-state index in [1.165, 1.54) is 12.1 Å². The number of hydrogen-bond acceptors (Lipinski definition) is 4. The molecule has 0 unspecified atom stereocenters. The number of halogens is 1. The zero-order chi connectivity index (χ0) is 13.0. The number of hydrogen-bond donors (Lipinski definition) is 0. The predicted molar refractivity (Wildman–Crippen MR) is 69.3 cm³/mol. The molecule has 18 heavy (non-hydrogen) atoms. The van der Waals surface area contributed by atoms with Gasteiger partial charge in [-0.3, -0.25) is 0 Å². The van der Waals surface area contributed by atoms with Crippen LogP contribution in [0.3, 0.4) is 0 Å². The summed E-state index contributed by atoms with van der Waals surface area (Å²) in [5, 5.41) is 8.89. The molecule has 0 amide bonds. The van der Waals surface area contributed by atoms with Crippen molar-refractivity contribution in [1.82, 2.24) is 10.2 Å². The van der Waals surface area contributed by atoms with Crippen molar-refractivity contribution in [2.75, 3.05) is 7.11 Å². The van der Waals surface area contributed by atoms with Gasteiger partial charge in [-0.1, -0.05) is 23.9 Å². The Labute approximate surface area is 109 Å². The molecule has 0 aliphatic carbocycles. The summed E-state index contributed by atoms with van der Waals surface area (Å²) in [6.07, 6.45) is 0. The van der Waals surface area contributed by atoms with Gasteiger partial charge in [-0.25, -0.2) is 4.39 Å². The Morgan fingerprint density at radius 3 is 2.61 bits per heavy atom. The SMILES string of the molecule is COc1cc(SCc2ccc(F)cc2)nnc1C. The summed E-state index contributed by atoms with van der Waals surface area (Å²) in [4.78, 5) is 0. The second-order valence-corrected chi connectivity index (χ2v) is 4.75. The predicted octanol–water partition coefficient (Wildman–Crippen LogP) is 3.23. The third-order valence-corrected chi connectivity index (χ3v) is 3.40. The Bertz CT molecular complexity index is 531. The topological polar surface area (TPSA) is 35.0 Å². The van der Waals surface area contributed by atoms with Crippen molar-refractivity contribution in [2.24, 2.45) is 0 Å². The zero-order valence-corrected chi connectivity index (χ0v) is 11.0. The fraction of sp³-hybridized carbons (Fsp3) is 0.231. The second-order valence-electron chi connectivity index (χ2n) is 3.75. The molecule has 2 rings (SSSR count). The molecule has 1 aromatic heterocycles. The lowest BCUT2D eigenvalue weighted by Gasteiger charge is -2.05. The molecule has 2 aromatic rings.